The summed E-state index contributed by atoms with van der Waals surface area (Å²) in [7, 11) is 3.37. The zero-order valence-corrected chi connectivity index (χ0v) is 21.7. The maximum Gasteiger partial charge on any atom is 0.255 e. The number of aldehydes is 1. The van der Waals surface area contributed by atoms with Crippen molar-refractivity contribution in [3.8, 4) is 6.07 Å². The number of ether oxygens (including phenoxy) is 1. The van der Waals surface area contributed by atoms with Crippen molar-refractivity contribution in [2.45, 2.75) is 34.1 Å². The van der Waals surface area contributed by atoms with Crippen LogP contribution in [0, 0.1) is 11.3 Å². The topological polar surface area (TPSA) is 120 Å². The summed E-state index contributed by atoms with van der Waals surface area (Å²) in [6.07, 6.45) is 4.93. The monoisotopic (exact) mass is 482 g/mol. The number of rotatable bonds is 10. The van der Waals surface area contributed by atoms with Gasteiger partial charge in [-0.3, -0.25) is 14.6 Å². The van der Waals surface area contributed by atoms with Crippen LogP contribution in [-0.2, 0) is 4.74 Å². The van der Waals surface area contributed by atoms with Gasteiger partial charge >= 0.3 is 0 Å². The van der Waals surface area contributed by atoms with Gasteiger partial charge in [0.05, 0.1) is 29.2 Å². The Labute approximate surface area is 209 Å². The highest BCUT2D eigenvalue weighted by Crippen LogP contribution is 2.20. The largest absolute Gasteiger partial charge is 0.385 e. The number of amides is 1. The standard InChI is InChI=1S/C15H25N5O.C8H5NO.C3H8O/c1-5-8-17-14-13(19-11-16-4)9-12(10-18-14)15(21)20(6-2)7-3;9-5-7-2-1-3-8(4-7)6-10;1-3-4-2/h9-11H,5-8H2,1-4H3,(H,16,19)(H,17,18);1-4,6H;3H2,1-2H3. The average molecular weight is 483 g/mol. The second-order valence-electron chi connectivity index (χ2n) is 6.99. The van der Waals surface area contributed by atoms with E-state index in [1.165, 1.54) is 0 Å². The molecule has 2 rings (SSSR count). The number of anilines is 2. The van der Waals surface area contributed by atoms with E-state index in [4.69, 9.17) is 5.26 Å². The Balaban J connectivity index is 0.000000679. The van der Waals surface area contributed by atoms with Crippen LogP contribution in [0.15, 0.2) is 41.5 Å². The summed E-state index contributed by atoms with van der Waals surface area (Å²) in [6, 6.07) is 10.3. The number of methoxy groups -OCH3 is 1. The van der Waals surface area contributed by atoms with Crippen LogP contribution < -0.4 is 10.6 Å². The number of nitrogens with one attached hydrogen (secondary N) is 2. The quantitative estimate of drug-likeness (QED) is 0.291. The SMILES string of the molecule is CCCNc1ncc(C(=O)N(CC)CC)cc1NC=NC.CCOC.N#Cc1cccc(C=O)c1. The lowest BCUT2D eigenvalue weighted by atomic mass is 10.2. The van der Waals surface area contributed by atoms with Crippen LogP contribution in [0.2, 0.25) is 0 Å². The van der Waals surface area contributed by atoms with E-state index in [2.05, 4.69) is 32.3 Å². The van der Waals surface area contributed by atoms with Crippen molar-refractivity contribution in [1.29, 1.82) is 5.26 Å². The number of pyridine rings is 1. The van der Waals surface area contributed by atoms with E-state index < -0.39 is 0 Å². The molecule has 2 N–H and O–H groups in total. The summed E-state index contributed by atoms with van der Waals surface area (Å²) in [5.41, 5.74) is 2.39. The second-order valence-corrected chi connectivity index (χ2v) is 6.99. The van der Waals surface area contributed by atoms with E-state index >= 15 is 0 Å². The molecule has 1 aromatic carbocycles. The van der Waals surface area contributed by atoms with Crippen LogP contribution in [0.3, 0.4) is 0 Å². The number of aliphatic imine (C=N–C) groups is 1. The molecule has 1 aromatic heterocycles. The molecule has 0 saturated heterocycles. The number of hydrogen-bond acceptors (Lipinski definition) is 7. The molecule has 0 bridgehead atoms. The molecule has 0 unspecified atom stereocenters. The lowest BCUT2D eigenvalue weighted by Gasteiger charge is -2.19. The first-order valence-electron chi connectivity index (χ1n) is 11.6. The molecule has 2 aromatic rings. The molecule has 9 heteroatoms. The van der Waals surface area contributed by atoms with Gasteiger partial charge in [0.15, 0.2) is 0 Å². The summed E-state index contributed by atoms with van der Waals surface area (Å²) in [4.78, 5) is 32.6. The van der Waals surface area contributed by atoms with Crippen molar-refractivity contribution in [2.75, 3.05) is 51.0 Å². The third kappa shape index (κ3) is 12.3. The minimum atomic E-state index is -0.00831. The maximum absolute atomic E-state index is 12.4. The van der Waals surface area contributed by atoms with Gasteiger partial charge in [-0.2, -0.15) is 5.26 Å². The Hall–Kier alpha value is -3.77. The molecule has 0 atom stereocenters. The molecule has 1 amide bonds. The van der Waals surface area contributed by atoms with Crippen molar-refractivity contribution in [2.24, 2.45) is 4.99 Å². The van der Waals surface area contributed by atoms with Crippen LogP contribution in [0.1, 0.15) is 60.4 Å². The molecule has 190 valence electrons. The highest BCUT2D eigenvalue weighted by atomic mass is 16.5. The van der Waals surface area contributed by atoms with Crippen LogP contribution in [0.5, 0.6) is 0 Å². The molecular weight excluding hydrogens is 444 g/mol. The summed E-state index contributed by atoms with van der Waals surface area (Å²) in [6.45, 7) is 11.0. The molecule has 0 saturated carbocycles. The Morgan fingerprint density at radius 3 is 2.43 bits per heavy atom. The highest BCUT2D eigenvalue weighted by Gasteiger charge is 2.15. The van der Waals surface area contributed by atoms with E-state index in [1.807, 2.05) is 32.9 Å². The van der Waals surface area contributed by atoms with Gasteiger partial charge < -0.3 is 20.3 Å². The summed E-state index contributed by atoms with van der Waals surface area (Å²) < 4.78 is 4.54. The Morgan fingerprint density at radius 2 is 1.91 bits per heavy atom. The van der Waals surface area contributed by atoms with E-state index in [9.17, 15) is 9.59 Å². The minimum absolute atomic E-state index is 0.00831. The van der Waals surface area contributed by atoms with Gasteiger partial charge in [0, 0.05) is 52.2 Å². The van der Waals surface area contributed by atoms with E-state index in [1.54, 1.807) is 55.9 Å². The molecule has 9 nitrogen and oxygen atoms in total. The van der Waals surface area contributed by atoms with Crippen LogP contribution >= 0.6 is 0 Å². The van der Waals surface area contributed by atoms with Crippen LogP contribution in [0.25, 0.3) is 0 Å². The van der Waals surface area contributed by atoms with Crippen molar-refractivity contribution < 1.29 is 14.3 Å². The smallest absolute Gasteiger partial charge is 0.255 e. The zero-order chi connectivity index (χ0) is 26.5. The third-order valence-corrected chi connectivity index (χ3v) is 4.52. The highest BCUT2D eigenvalue weighted by molar-refractivity contribution is 5.96. The molecule has 0 fully saturated rings. The summed E-state index contributed by atoms with van der Waals surface area (Å²) in [5.74, 6) is 0.721. The van der Waals surface area contributed by atoms with Crippen LogP contribution in [-0.4, -0.2) is 68.8 Å². The first-order chi connectivity index (χ1) is 16.9. The van der Waals surface area contributed by atoms with E-state index in [0.717, 1.165) is 37.4 Å². The number of nitriles is 1. The fourth-order valence-electron chi connectivity index (χ4n) is 2.59. The normalized spacial score (nSPS) is 9.63. The number of nitrogens with zero attached hydrogens (tertiary/aromatic N) is 4. The van der Waals surface area contributed by atoms with Crippen molar-refractivity contribution in [3.63, 3.8) is 0 Å². The number of carbonyl (C=O) groups excluding carboxylic acids is 2. The molecule has 35 heavy (non-hydrogen) atoms. The molecule has 0 radical (unpaired) electrons. The number of carbonyl (C=O) groups is 2. The summed E-state index contributed by atoms with van der Waals surface area (Å²) in [5, 5.41) is 14.7. The molecule has 0 aliphatic carbocycles. The number of aromatic nitrogens is 1. The van der Waals surface area contributed by atoms with E-state index in [0.29, 0.717) is 29.8 Å². The zero-order valence-electron chi connectivity index (χ0n) is 21.7. The minimum Gasteiger partial charge on any atom is -0.385 e. The van der Waals surface area contributed by atoms with Gasteiger partial charge in [0.1, 0.15) is 12.1 Å². The number of hydrogen-bond donors (Lipinski definition) is 2. The number of benzene rings is 1. The fourth-order valence-corrected chi connectivity index (χ4v) is 2.59. The Bertz CT molecular complexity index is 950. The second kappa shape index (κ2) is 19.7. The first-order valence-corrected chi connectivity index (χ1v) is 11.6. The Morgan fingerprint density at radius 1 is 1.23 bits per heavy atom. The van der Waals surface area contributed by atoms with Gasteiger partial charge in [-0.1, -0.05) is 19.1 Å². The molecule has 0 aliphatic heterocycles. The van der Waals surface area contributed by atoms with Crippen molar-refractivity contribution >= 4 is 30.0 Å². The van der Waals surface area contributed by atoms with Gasteiger partial charge in [-0.25, -0.2) is 4.98 Å². The van der Waals surface area contributed by atoms with Crippen LogP contribution in [0.4, 0.5) is 11.5 Å². The van der Waals surface area contributed by atoms with Gasteiger partial charge in [0.25, 0.3) is 5.91 Å². The lowest BCUT2D eigenvalue weighted by molar-refractivity contribution is 0.0772. The lowest BCUT2D eigenvalue weighted by Crippen LogP contribution is -2.30. The first kappa shape index (κ1) is 31.2. The van der Waals surface area contributed by atoms with Gasteiger partial charge in [-0.05, 0) is 45.4 Å². The van der Waals surface area contributed by atoms with Gasteiger partial charge in [0.2, 0.25) is 0 Å². The summed E-state index contributed by atoms with van der Waals surface area (Å²) >= 11 is 0. The van der Waals surface area contributed by atoms with Crippen molar-refractivity contribution in [1.82, 2.24) is 9.88 Å². The van der Waals surface area contributed by atoms with Crippen molar-refractivity contribution in [3.05, 3.63) is 53.2 Å². The van der Waals surface area contributed by atoms with Gasteiger partial charge in [-0.15, -0.1) is 0 Å². The fraction of sp³-hybridized carbons (Fsp3) is 0.423. The molecule has 1 heterocycles. The predicted molar refractivity (Wildman–Crippen MR) is 142 cm³/mol. The molecular formula is C26H38N6O3. The molecule has 0 aliphatic rings. The predicted octanol–water partition coefficient (Wildman–Crippen LogP) is 4.48. The average Bonchev–Trinajstić information content (AvgIpc) is 2.91. The van der Waals surface area contributed by atoms with E-state index in [-0.39, 0.29) is 5.91 Å². The maximum atomic E-state index is 12.4. The molecule has 0 spiro atoms. The Kier molecular flexibility index (Phi) is 17.6. The third-order valence-electron chi connectivity index (χ3n) is 4.52.